The van der Waals surface area contributed by atoms with E-state index in [9.17, 15) is 0 Å². The van der Waals surface area contributed by atoms with Gasteiger partial charge in [-0.1, -0.05) is 18.2 Å². The highest BCUT2D eigenvalue weighted by Gasteiger charge is 2.08. The number of nitrogens with one attached hydrogen (secondary N) is 1. The SMILES string of the molecule is CCN(CC)c1ccc2c(C)cc(=[NH+]c3ccccc3)oc2c1. The van der Waals surface area contributed by atoms with E-state index in [-0.39, 0.29) is 0 Å². The number of anilines is 1. The van der Waals surface area contributed by atoms with Crippen LogP contribution in [0.3, 0.4) is 0 Å². The van der Waals surface area contributed by atoms with Gasteiger partial charge in [0, 0.05) is 42.4 Å². The smallest absolute Gasteiger partial charge is 0.372 e. The molecule has 118 valence electrons. The second-order valence-corrected chi connectivity index (χ2v) is 5.64. The fourth-order valence-corrected chi connectivity index (χ4v) is 2.85. The Morgan fingerprint density at radius 1 is 0.957 bits per heavy atom. The zero-order valence-electron chi connectivity index (χ0n) is 14.0. The summed E-state index contributed by atoms with van der Waals surface area (Å²) in [6, 6.07) is 18.6. The van der Waals surface area contributed by atoms with Crippen LogP contribution in [0.5, 0.6) is 0 Å². The highest BCUT2D eigenvalue weighted by atomic mass is 16.3. The second kappa shape index (κ2) is 6.69. The van der Waals surface area contributed by atoms with Gasteiger partial charge in [0.05, 0.1) is 6.07 Å². The van der Waals surface area contributed by atoms with Crippen LogP contribution in [0.15, 0.2) is 59.0 Å². The van der Waals surface area contributed by atoms with Crippen molar-refractivity contribution < 1.29 is 9.41 Å². The minimum absolute atomic E-state index is 0.762. The van der Waals surface area contributed by atoms with E-state index in [2.05, 4.69) is 48.9 Å². The summed E-state index contributed by atoms with van der Waals surface area (Å²) in [5, 5.41) is 1.15. The van der Waals surface area contributed by atoms with Gasteiger partial charge in [-0.05, 0) is 38.5 Å². The Kier molecular flexibility index (Phi) is 4.47. The molecule has 1 N–H and O–H groups in total. The van der Waals surface area contributed by atoms with E-state index >= 15 is 0 Å². The van der Waals surface area contributed by atoms with Crippen LogP contribution >= 0.6 is 0 Å². The van der Waals surface area contributed by atoms with Gasteiger partial charge >= 0.3 is 5.55 Å². The number of nitrogens with zero attached hydrogens (tertiary/aromatic N) is 1. The summed E-state index contributed by atoms with van der Waals surface area (Å²) in [5.41, 5.74) is 5.10. The normalized spacial score (nSPS) is 11.9. The van der Waals surface area contributed by atoms with E-state index in [0.29, 0.717) is 0 Å². The summed E-state index contributed by atoms with van der Waals surface area (Å²) >= 11 is 0. The molecule has 3 aromatic rings. The first-order valence-corrected chi connectivity index (χ1v) is 8.15. The van der Waals surface area contributed by atoms with E-state index in [1.54, 1.807) is 0 Å². The van der Waals surface area contributed by atoms with Gasteiger partial charge in [0.15, 0.2) is 0 Å². The van der Waals surface area contributed by atoms with Crippen molar-refractivity contribution in [3.8, 4) is 0 Å². The molecule has 0 spiro atoms. The van der Waals surface area contributed by atoms with E-state index in [1.165, 1.54) is 11.3 Å². The molecule has 23 heavy (non-hydrogen) atoms. The van der Waals surface area contributed by atoms with Crippen molar-refractivity contribution in [2.45, 2.75) is 20.8 Å². The molecule has 2 aromatic carbocycles. The highest BCUT2D eigenvalue weighted by molar-refractivity contribution is 5.83. The quantitative estimate of drug-likeness (QED) is 0.803. The molecule has 0 aliphatic rings. The largest absolute Gasteiger partial charge is 0.404 e. The van der Waals surface area contributed by atoms with Crippen LogP contribution < -0.4 is 15.4 Å². The molecule has 0 saturated carbocycles. The number of rotatable bonds is 4. The van der Waals surface area contributed by atoms with Crippen molar-refractivity contribution in [3.63, 3.8) is 0 Å². The lowest BCUT2D eigenvalue weighted by Gasteiger charge is -2.21. The third kappa shape index (κ3) is 3.29. The van der Waals surface area contributed by atoms with Crippen LogP contribution in [0.4, 0.5) is 11.4 Å². The minimum atomic E-state index is 0.762. The number of para-hydroxylation sites is 1. The predicted molar refractivity (Wildman–Crippen MR) is 94.7 cm³/mol. The van der Waals surface area contributed by atoms with Gasteiger partial charge < -0.3 is 9.32 Å². The molecular weight excluding hydrogens is 284 g/mol. The third-order valence-corrected chi connectivity index (χ3v) is 4.13. The molecule has 0 radical (unpaired) electrons. The Bertz CT molecular complexity index is 862. The van der Waals surface area contributed by atoms with E-state index in [0.717, 1.165) is 35.3 Å². The minimum Gasteiger partial charge on any atom is -0.404 e. The zero-order valence-corrected chi connectivity index (χ0v) is 14.0. The molecule has 0 amide bonds. The number of fused-ring (bicyclic) bond motifs is 1. The first-order valence-electron chi connectivity index (χ1n) is 8.15. The number of hydrogen-bond donors (Lipinski definition) is 1. The van der Waals surface area contributed by atoms with Crippen LogP contribution in [-0.2, 0) is 0 Å². The molecule has 0 saturated heterocycles. The average molecular weight is 307 g/mol. The lowest BCUT2D eigenvalue weighted by molar-refractivity contribution is -0.417. The Morgan fingerprint density at radius 3 is 2.39 bits per heavy atom. The third-order valence-electron chi connectivity index (χ3n) is 4.13. The van der Waals surface area contributed by atoms with Crippen molar-refractivity contribution >= 4 is 22.3 Å². The van der Waals surface area contributed by atoms with E-state index < -0.39 is 0 Å². The fourth-order valence-electron chi connectivity index (χ4n) is 2.85. The summed E-state index contributed by atoms with van der Waals surface area (Å²) in [6.45, 7) is 8.43. The molecule has 0 fully saturated rings. The highest BCUT2D eigenvalue weighted by Crippen LogP contribution is 2.23. The van der Waals surface area contributed by atoms with Crippen LogP contribution in [0.1, 0.15) is 19.4 Å². The van der Waals surface area contributed by atoms with Crippen molar-refractivity contribution in [1.82, 2.24) is 0 Å². The predicted octanol–water partition coefficient (Wildman–Crippen LogP) is 2.90. The van der Waals surface area contributed by atoms with Crippen molar-refractivity contribution in [2.75, 3.05) is 18.0 Å². The van der Waals surface area contributed by atoms with Gasteiger partial charge in [0.1, 0.15) is 5.58 Å². The second-order valence-electron chi connectivity index (χ2n) is 5.64. The average Bonchev–Trinajstić information content (AvgIpc) is 2.57. The molecule has 1 heterocycles. The molecule has 0 atom stereocenters. The van der Waals surface area contributed by atoms with Crippen LogP contribution in [-0.4, -0.2) is 13.1 Å². The molecule has 3 nitrogen and oxygen atoms in total. The molecule has 0 unspecified atom stereocenters. The Hall–Kier alpha value is -2.55. The summed E-state index contributed by atoms with van der Waals surface area (Å²) in [5.74, 6) is 0. The van der Waals surface area contributed by atoms with Crippen molar-refractivity contribution in [1.29, 1.82) is 0 Å². The summed E-state index contributed by atoms with van der Waals surface area (Å²) in [7, 11) is 0. The van der Waals surface area contributed by atoms with Gasteiger partial charge in [-0.3, -0.25) is 0 Å². The van der Waals surface area contributed by atoms with E-state index in [4.69, 9.17) is 4.42 Å². The van der Waals surface area contributed by atoms with Gasteiger partial charge in [-0.2, -0.15) is 4.99 Å². The molecule has 3 heteroatoms. The number of benzene rings is 2. The van der Waals surface area contributed by atoms with E-state index in [1.807, 2.05) is 36.4 Å². The maximum atomic E-state index is 6.09. The maximum Gasteiger partial charge on any atom is 0.372 e. The fraction of sp³-hybridized carbons (Fsp3) is 0.250. The lowest BCUT2D eigenvalue weighted by Crippen LogP contribution is -2.70. The number of hydrogen-bond acceptors (Lipinski definition) is 2. The lowest BCUT2D eigenvalue weighted by atomic mass is 10.1. The first kappa shape index (κ1) is 15.3. The Morgan fingerprint density at radius 2 is 1.70 bits per heavy atom. The molecule has 1 aromatic heterocycles. The summed E-state index contributed by atoms with van der Waals surface area (Å²) in [4.78, 5) is 5.65. The van der Waals surface area contributed by atoms with Crippen LogP contribution in [0, 0.1) is 6.92 Å². The van der Waals surface area contributed by atoms with Crippen molar-refractivity contribution in [3.05, 3.63) is 65.7 Å². The summed E-state index contributed by atoms with van der Waals surface area (Å²) in [6.07, 6.45) is 0. The molecule has 3 rings (SSSR count). The topological polar surface area (TPSA) is 30.4 Å². The summed E-state index contributed by atoms with van der Waals surface area (Å²) < 4.78 is 6.09. The monoisotopic (exact) mass is 307 g/mol. The molecule has 0 bridgehead atoms. The van der Waals surface area contributed by atoms with Gasteiger partial charge in [-0.15, -0.1) is 0 Å². The van der Waals surface area contributed by atoms with Crippen molar-refractivity contribution in [2.24, 2.45) is 0 Å². The molecule has 0 aliphatic heterocycles. The van der Waals surface area contributed by atoms with Crippen LogP contribution in [0.25, 0.3) is 11.0 Å². The standard InChI is InChI=1S/C20H22N2O/c1-4-22(5-2)17-11-12-18-15(3)13-20(23-19(18)14-17)21-16-9-7-6-8-10-16/h6-14H,4-5H2,1-3H3/p+1. The van der Waals surface area contributed by atoms with Gasteiger partial charge in [0.2, 0.25) is 5.69 Å². The Labute approximate surface area is 136 Å². The number of aryl methyl sites for hydroxylation is 1. The zero-order chi connectivity index (χ0) is 16.2. The molecule has 0 aliphatic carbocycles. The Balaban J connectivity index is 2.14. The van der Waals surface area contributed by atoms with Gasteiger partial charge in [-0.25, -0.2) is 0 Å². The van der Waals surface area contributed by atoms with Crippen LogP contribution in [0.2, 0.25) is 0 Å². The maximum absolute atomic E-state index is 6.09. The first-order chi connectivity index (χ1) is 11.2. The van der Waals surface area contributed by atoms with Gasteiger partial charge in [0.25, 0.3) is 0 Å². The molecular formula is C20H23N2O+.